The molecule has 1 aromatic heterocycles. The zero-order valence-corrected chi connectivity index (χ0v) is 6.94. The van der Waals surface area contributed by atoms with Crippen molar-refractivity contribution in [1.29, 1.82) is 0 Å². The van der Waals surface area contributed by atoms with Crippen molar-refractivity contribution >= 4 is 15.9 Å². The third kappa shape index (κ3) is 1.27. The lowest BCUT2D eigenvalue weighted by Gasteiger charge is -1.97. The SMILES string of the molecule is Cc1ncnc(Br)c1C. The quantitative estimate of drug-likeness (QED) is 0.579. The van der Waals surface area contributed by atoms with Gasteiger partial charge in [-0.1, -0.05) is 0 Å². The maximum Gasteiger partial charge on any atom is 0.116 e. The third-order valence-electron chi connectivity index (χ3n) is 1.27. The molecule has 0 aliphatic rings. The second-order valence-electron chi connectivity index (χ2n) is 1.87. The van der Waals surface area contributed by atoms with Crippen molar-refractivity contribution < 1.29 is 0 Å². The van der Waals surface area contributed by atoms with Crippen molar-refractivity contribution in [2.45, 2.75) is 13.8 Å². The summed E-state index contributed by atoms with van der Waals surface area (Å²) < 4.78 is 0.884. The van der Waals surface area contributed by atoms with Crippen LogP contribution in [0.2, 0.25) is 0 Å². The van der Waals surface area contributed by atoms with E-state index in [0.29, 0.717) is 0 Å². The average molecular weight is 187 g/mol. The molecule has 0 amide bonds. The average Bonchev–Trinajstić information content (AvgIpc) is 1.83. The van der Waals surface area contributed by atoms with Crippen molar-refractivity contribution in [3.63, 3.8) is 0 Å². The minimum Gasteiger partial charge on any atom is -0.241 e. The molecule has 0 fully saturated rings. The Morgan fingerprint density at radius 1 is 1.33 bits per heavy atom. The molecule has 0 saturated heterocycles. The predicted molar refractivity (Wildman–Crippen MR) is 39.2 cm³/mol. The molecular weight excluding hydrogens is 180 g/mol. The summed E-state index contributed by atoms with van der Waals surface area (Å²) in [5.74, 6) is 0. The topological polar surface area (TPSA) is 25.8 Å². The molecule has 3 heteroatoms. The molecule has 2 nitrogen and oxygen atoms in total. The van der Waals surface area contributed by atoms with E-state index in [1.807, 2.05) is 13.8 Å². The second kappa shape index (κ2) is 2.43. The van der Waals surface area contributed by atoms with Crippen LogP contribution in [0.25, 0.3) is 0 Å². The first-order chi connectivity index (χ1) is 4.22. The fourth-order valence-corrected chi connectivity index (χ4v) is 0.888. The molecule has 0 N–H and O–H groups in total. The molecule has 0 aliphatic heterocycles. The van der Waals surface area contributed by atoms with Gasteiger partial charge in [-0.25, -0.2) is 9.97 Å². The van der Waals surface area contributed by atoms with Gasteiger partial charge in [0.25, 0.3) is 0 Å². The van der Waals surface area contributed by atoms with E-state index >= 15 is 0 Å². The Morgan fingerprint density at radius 3 is 2.44 bits per heavy atom. The minimum absolute atomic E-state index is 0.884. The highest BCUT2D eigenvalue weighted by molar-refractivity contribution is 9.10. The summed E-state index contributed by atoms with van der Waals surface area (Å²) in [4.78, 5) is 7.94. The number of aromatic nitrogens is 2. The first-order valence-corrected chi connectivity index (χ1v) is 3.45. The first kappa shape index (κ1) is 6.68. The summed E-state index contributed by atoms with van der Waals surface area (Å²) >= 11 is 3.29. The van der Waals surface area contributed by atoms with Gasteiger partial charge in [-0.3, -0.25) is 0 Å². The predicted octanol–water partition coefficient (Wildman–Crippen LogP) is 1.86. The fraction of sp³-hybridized carbons (Fsp3) is 0.333. The van der Waals surface area contributed by atoms with Gasteiger partial charge >= 0.3 is 0 Å². The molecule has 1 rings (SSSR count). The molecule has 0 radical (unpaired) electrons. The van der Waals surface area contributed by atoms with Crippen LogP contribution >= 0.6 is 15.9 Å². The standard InChI is InChI=1S/C6H7BrN2/c1-4-5(2)8-3-9-6(4)7/h3H,1-2H3. The van der Waals surface area contributed by atoms with Gasteiger partial charge in [0, 0.05) is 11.3 Å². The van der Waals surface area contributed by atoms with Gasteiger partial charge in [-0.2, -0.15) is 0 Å². The highest BCUT2D eigenvalue weighted by atomic mass is 79.9. The Labute approximate surface area is 62.5 Å². The molecule has 0 aliphatic carbocycles. The molecule has 9 heavy (non-hydrogen) atoms. The number of nitrogens with zero attached hydrogens (tertiary/aromatic N) is 2. The highest BCUT2D eigenvalue weighted by Crippen LogP contribution is 2.12. The molecule has 1 heterocycles. The van der Waals surface area contributed by atoms with Gasteiger partial charge in [0.2, 0.25) is 0 Å². The van der Waals surface area contributed by atoms with Gasteiger partial charge < -0.3 is 0 Å². The van der Waals surface area contributed by atoms with Crippen LogP contribution in [0, 0.1) is 13.8 Å². The van der Waals surface area contributed by atoms with Crippen molar-refractivity contribution in [2.75, 3.05) is 0 Å². The lowest BCUT2D eigenvalue weighted by Crippen LogP contribution is -1.89. The van der Waals surface area contributed by atoms with Crippen LogP contribution < -0.4 is 0 Å². The van der Waals surface area contributed by atoms with Gasteiger partial charge in [-0.05, 0) is 29.8 Å². The number of halogens is 1. The second-order valence-corrected chi connectivity index (χ2v) is 2.63. The zero-order valence-electron chi connectivity index (χ0n) is 5.35. The molecule has 0 spiro atoms. The van der Waals surface area contributed by atoms with E-state index in [-0.39, 0.29) is 0 Å². The molecule has 0 unspecified atom stereocenters. The molecule has 1 aromatic rings. The summed E-state index contributed by atoms with van der Waals surface area (Å²) in [7, 11) is 0. The van der Waals surface area contributed by atoms with E-state index in [2.05, 4.69) is 25.9 Å². The third-order valence-corrected chi connectivity index (χ3v) is 2.07. The van der Waals surface area contributed by atoms with Crippen molar-refractivity contribution in [2.24, 2.45) is 0 Å². The van der Waals surface area contributed by atoms with E-state index < -0.39 is 0 Å². The normalized spacial score (nSPS) is 9.67. The minimum atomic E-state index is 0.884. The molecule has 0 atom stereocenters. The van der Waals surface area contributed by atoms with E-state index in [9.17, 15) is 0 Å². The van der Waals surface area contributed by atoms with E-state index in [4.69, 9.17) is 0 Å². The Bertz CT molecular complexity index is 202. The largest absolute Gasteiger partial charge is 0.241 e. The summed E-state index contributed by atoms with van der Waals surface area (Å²) in [6.07, 6.45) is 1.55. The van der Waals surface area contributed by atoms with Crippen LogP contribution in [0.15, 0.2) is 10.9 Å². The van der Waals surface area contributed by atoms with Gasteiger partial charge in [0.1, 0.15) is 10.9 Å². The number of aryl methyl sites for hydroxylation is 1. The summed E-state index contributed by atoms with van der Waals surface area (Å²) in [6.45, 7) is 3.95. The fourth-order valence-electron chi connectivity index (χ4n) is 0.509. The monoisotopic (exact) mass is 186 g/mol. The van der Waals surface area contributed by atoms with Crippen LogP contribution in [0.1, 0.15) is 11.3 Å². The summed E-state index contributed by atoms with van der Waals surface area (Å²) in [5, 5.41) is 0. The Hall–Kier alpha value is -0.440. The number of hydrogen-bond donors (Lipinski definition) is 0. The zero-order chi connectivity index (χ0) is 6.85. The summed E-state index contributed by atoms with van der Waals surface area (Å²) in [6, 6.07) is 0. The van der Waals surface area contributed by atoms with Crippen LogP contribution in [0.3, 0.4) is 0 Å². The lowest BCUT2D eigenvalue weighted by atomic mass is 10.3. The molecule has 0 bridgehead atoms. The molecule has 0 saturated carbocycles. The maximum absolute atomic E-state index is 4.00. The smallest absolute Gasteiger partial charge is 0.116 e. The van der Waals surface area contributed by atoms with Crippen molar-refractivity contribution in [3.8, 4) is 0 Å². The van der Waals surface area contributed by atoms with E-state index in [1.54, 1.807) is 6.33 Å². The van der Waals surface area contributed by atoms with Crippen LogP contribution in [0.5, 0.6) is 0 Å². The van der Waals surface area contributed by atoms with E-state index in [0.717, 1.165) is 15.9 Å². The summed E-state index contributed by atoms with van der Waals surface area (Å²) in [5.41, 5.74) is 2.13. The van der Waals surface area contributed by atoms with Crippen molar-refractivity contribution in [3.05, 3.63) is 22.2 Å². The molecule has 48 valence electrons. The molecular formula is C6H7BrN2. The van der Waals surface area contributed by atoms with Crippen LogP contribution in [-0.2, 0) is 0 Å². The highest BCUT2D eigenvalue weighted by Gasteiger charge is 1.96. The Kier molecular flexibility index (Phi) is 1.81. The van der Waals surface area contributed by atoms with Crippen LogP contribution in [-0.4, -0.2) is 9.97 Å². The Balaban J connectivity index is 3.25. The van der Waals surface area contributed by atoms with Gasteiger partial charge in [0.05, 0.1) is 0 Å². The molecule has 0 aromatic carbocycles. The van der Waals surface area contributed by atoms with Gasteiger partial charge in [-0.15, -0.1) is 0 Å². The maximum atomic E-state index is 4.00. The van der Waals surface area contributed by atoms with Crippen LogP contribution in [0.4, 0.5) is 0 Å². The number of hydrogen-bond acceptors (Lipinski definition) is 2. The van der Waals surface area contributed by atoms with E-state index in [1.165, 1.54) is 0 Å². The lowest BCUT2D eigenvalue weighted by molar-refractivity contribution is 1.04. The first-order valence-electron chi connectivity index (χ1n) is 2.65. The van der Waals surface area contributed by atoms with Gasteiger partial charge in [0.15, 0.2) is 0 Å². The number of rotatable bonds is 0. The Morgan fingerprint density at radius 2 is 2.00 bits per heavy atom. The van der Waals surface area contributed by atoms with Crippen molar-refractivity contribution in [1.82, 2.24) is 9.97 Å².